The molecule has 18 heavy (non-hydrogen) atoms. The SMILES string of the molecule is O=C(NCc1ccccc1F)N(CCO)CCO. The fraction of sp³-hybridized carbons (Fsp3) is 0.417. The predicted molar refractivity (Wildman–Crippen MR) is 64.4 cm³/mol. The molecular formula is C12H17FN2O3. The first-order valence-corrected chi connectivity index (χ1v) is 5.67. The van der Waals surface area contributed by atoms with E-state index in [1.165, 1.54) is 11.0 Å². The molecule has 1 rings (SSSR count). The molecule has 0 fully saturated rings. The summed E-state index contributed by atoms with van der Waals surface area (Å²) in [4.78, 5) is 12.9. The van der Waals surface area contributed by atoms with E-state index in [-0.39, 0.29) is 38.7 Å². The third kappa shape index (κ3) is 4.31. The Balaban J connectivity index is 2.51. The minimum atomic E-state index is -0.443. The van der Waals surface area contributed by atoms with Crippen LogP contribution in [0.3, 0.4) is 0 Å². The van der Waals surface area contributed by atoms with E-state index in [0.717, 1.165) is 0 Å². The minimum absolute atomic E-state index is 0.0683. The largest absolute Gasteiger partial charge is 0.395 e. The van der Waals surface area contributed by atoms with Crippen molar-refractivity contribution in [2.24, 2.45) is 0 Å². The van der Waals surface area contributed by atoms with Crippen LogP contribution in [-0.2, 0) is 6.54 Å². The number of carbonyl (C=O) groups is 1. The second-order valence-electron chi connectivity index (χ2n) is 3.68. The zero-order valence-corrected chi connectivity index (χ0v) is 9.97. The molecule has 5 nitrogen and oxygen atoms in total. The number of urea groups is 1. The Bertz CT molecular complexity index is 381. The lowest BCUT2D eigenvalue weighted by Crippen LogP contribution is -2.42. The number of rotatable bonds is 6. The molecule has 2 amide bonds. The molecule has 1 aromatic carbocycles. The Morgan fingerprint density at radius 3 is 2.39 bits per heavy atom. The van der Waals surface area contributed by atoms with Crippen LogP contribution in [0.2, 0.25) is 0 Å². The number of nitrogens with one attached hydrogen (secondary N) is 1. The molecule has 0 aliphatic carbocycles. The summed E-state index contributed by atoms with van der Waals surface area (Å²) in [6, 6.07) is 5.72. The van der Waals surface area contributed by atoms with Crippen LogP contribution >= 0.6 is 0 Å². The number of nitrogens with zero attached hydrogens (tertiary/aromatic N) is 1. The number of aliphatic hydroxyl groups excluding tert-OH is 2. The van der Waals surface area contributed by atoms with Crippen molar-refractivity contribution in [3.8, 4) is 0 Å². The maximum Gasteiger partial charge on any atom is 0.317 e. The van der Waals surface area contributed by atoms with Gasteiger partial charge in [-0.05, 0) is 6.07 Å². The Hall–Kier alpha value is -1.66. The van der Waals surface area contributed by atoms with Crippen LogP contribution in [0, 0.1) is 5.82 Å². The molecule has 0 saturated heterocycles. The van der Waals surface area contributed by atoms with E-state index in [0.29, 0.717) is 5.56 Å². The van der Waals surface area contributed by atoms with Gasteiger partial charge in [0.05, 0.1) is 13.2 Å². The van der Waals surface area contributed by atoms with Crippen molar-refractivity contribution >= 4 is 6.03 Å². The number of hydrogen-bond acceptors (Lipinski definition) is 3. The summed E-state index contributed by atoms with van der Waals surface area (Å²) in [5, 5.41) is 20.1. The normalized spacial score (nSPS) is 10.2. The monoisotopic (exact) mass is 256 g/mol. The maximum absolute atomic E-state index is 13.3. The van der Waals surface area contributed by atoms with Crippen molar-refractivity contribution in [2.75, 3.05) is 26.3 Å². The van der Waals surface area contributed by atoms with Crippen LogP contribution in [0.5, 0.6) is 0 Å². The summed E-state index contributed by atoms with van der Waals surface area (Å²) in [5.41, 5.74) is 0.388. The molecule has 0 aliphatic heterocycles. The fourth-order valence-corrected chi connectivity index (χ4v) is 1.48. The van der Waals surface area contributed by atoms with Gasteiger partial charge in [0, 0.05) is 25.2 Å². The molecule has 0 spiro atoms. The highest BCUT2D eigenvalue weighted by Gasteiger charge is 2.12. The van der Waals surface area contributed by atoms with Gasteiger partial charge in [-0.1, -0.05) is 18.2 Å². The van der Waals surface area contributed by atoms with Gasteiger partial charge in [0.25, 0.3) is 0 Å². The molecule has 100 valence electrons. The zero-order valence-electron chi connectivity index (χ0n) is 9.97. The highest BCUT2D eigenvalue weighted by Crippen LogP contribution is 2.05. The van der Waals surface area contributed by atoms with Crippen molar-refractivity contribution in [2.45, 2.75) is 6.54 Å². The fourth-order valence-electron chi connectivity index (χ4n) is 1.48. The van der Waals surface area contributed by atoms with E-state index in [1.54, 1.807) is 18.2 Å². The van der Waals surface area contributed by atoms with Crippen LogP contribution in [-0.4, -0.2) is 47.4 Å². The Labute approximate surface area is 105 Å². The summed E-state index contributed by atoms with van der Waals surface area (Å²) >= 11 is 0. The first-order chi connectivity index (χ1) is 8.69. The van der Waals surface area contributed by atoms with Crippen LogP contribution < -0.4 is 5.32 Å². The Morgan fingerprint density at radius 1 is 1.22 bits per heavy atom. The summed E-state index contributed by atoms with van der Waals surface area (Å²) in [7, 11) is 0. The van der Waals surface area contributed by atoms with Gasteiger partial charge >= 0.3 is 6.03 Å². The van der Waals surface area contributed by atoms with E-state index in [4.69, 9.17) is 10.2 Å². The third-order valence-electron chi connectivity index (χ3n) is 2.41. The summed E-state index contributed by atoms with van der Waals surface area (Å²) in [5.74, 6) is -0.381. The van der Waals surface area contributed by atoms with Gasteiger partial charge in [-0.3, -0.25) is 0 Å². The molecule has 0 radical (unpaired) electrons. The van der Waals surface area contributed by atoms with E-state index < -0.39 is 6.03 Å². The van der Waals surface area contributed by atoms with E-state index in [1.807, 2.05) is 0 Å². The second kappa shape index (κ2) is 7.62. The van der Waals surface area contributed by atoms with Crippen molar-refractivity contribution in [1.82, 2.24) is 10.2 Å². The maximum atomic E-state index is 13.3. The average molecular weight is 256 g/mol. The van der Waals surface area contributed by atoms with E-state index >= 15 is 0 Å². The van der Waals surface area contributed by atoms with Crippen LogP contribution in [0.25, 0.3) is 0 Å². The average Bonchev–Trinajstić information content (AvgIpc) is 2.37. The molecule has 1 aromatic rings. The molecule has 0 atom stereocenters. The predicted octanol–water partition coefficient (Wildman–Crippen LogP) is 0.322. The summed E-state index contributed by atoms with van der Waals surface area (Å²) < 4.78 is 13.3. The van der Waals surface area contributed by atoms with Crippen LogP contribution in [0.15, 0.2) is 24.3 Å². The quantitative estimate of drug-likeness (QED) is 0.686. The third-order valence-corrected chi connectivity index (χ3v) is 2.41. The summed E-state index contributed by atoms with van der Waals surface area (Å²) in [6.45, 7) is -0.0492. The van der Waals surface area contributed by atoms with Gasteiger partial charge in [-0.2, -0.15) is 0 Å². The van der Waals surface area contributed by atoms with Crippen molar-refractivity contribution in [3.63, 3.8) is 0 Å². The first kappa shape index (κ1) is 14.4. The van der Waals surface area contributed by atoms with Gasteiger partial charge in [-0.15, -0.1) is 0 Å². The van der Waals surface area contributed by atoms with Gasteiger partial charge < -0.3 is 20.4 Å². The summed E-state index contributed by atoms with van der Waals surface area (Å²) in [6.07, 6.45) is 0. The van der Waals surface area contributed by atoms with Crippen molar-refractivity contribution in [3.05, 3.63) is 35.6 Å². The van der Waals surface area contributed by atoms with Gasteiger partial charge in [0.1, 0.15) is 5.82 Å². The van der Waals surface area contributed by atoms with Gasteiger partial charge in [0.15, 0.2) is 0 Å². The lowest BCUT2D eigenvalue weighted by Gasteiger charge is -2.21. The minimum Gasteiger partial charge on any atom is -0.395 e. The molecule has 0 unspecified atom stereocenters. The number of carbonyl (C=O) groups excluding carboxylic acids is 1. The van der Waals surface area contributed by atoms with E-state index in [9.17, 15) is 9.18 Å². The standard InChI is InChI=1S/C12H17FN2O3/c13-11-4-2-1-3-10(11)9-14-12(18)15(5-7-16)6-8-17/h1-4,16-17H,5-9H2,(H,14,18). The molecule has 0 aromatic heterocycles. The number of halogens is 1. The lowest BCUT2D eigenvalue weighted by molar-refractivity contribution is 0.158. The number of benzene rings is 1. The Kier molecular flexibility index (Phi) is 6.10. The molecule has 6 heteroatoms. The highest BCUT2D eigenvalue weighted by molar-refractivity contribution is 5.74. The topological polar surface area (TPSA) is 72.8 Å². The van der Waals surface area contributed by atoms with E-state index in [2.05, 4.69) is 5.32 Å². The smallest absolute Gasteiger partial charge is 0.317 e. The number of hydrogen-bond donors (Lipinski definition) is 3. The van der Waals surface area contributed by atoms with Gasteiger partial charge in [0.2, 0.25) is 0 Å². The second-order valence-corrected chi connectivity index (χ2v) is 3.68. The molecule has 0 saturated carbocycles. The van der Waals surface area contributed by atoms with Crippen molar-refractivity contribution in [1.29, 1.82) is 0 Å². The zero-order chi connectivity index (χ0) is 13.4. The highest BCUT2D eigenvalue weighted by atomic mass is 19.1. The molecular weight excluding hydrogens is 239 g/mol. The van der Waals surface area contributed by atoms with Crippen LogP contribution in [0.4, 0.5) is 9.18 Å². The molecule has 0 heterocycles. The van der Waals surface area contributed by atoms with Gasteiger partial charge in [-0.25, -0.2) is 9.18 Å². The molecule has 0 bridgehead atoms. The van der Waals surface area contributed by atoms with Crippen LogP contribution in [0.1, 0.15) is 5.56 Å². The lowest BCUT2D eigenvalue weighted by atomic mass is 10.2. The first-order valence-electron chi connectivity index (χ1n) is 5.67. The Morgan fingerprint density at radius 2 is 1.83 bits per heavy atom. The number of amides is 2. The number of aliphatic hydroxyl groups is 2. The molecule has 3 N–H and O–H groups in total. The molecule has 0 aliphatic rings. The van der Waals surface area contributed by atoms with Crippen molar-refractivity contribution < 1.29 is 19.4 Å².